The Labute approximate surface area is 114 Å². The molecule has 19 heavy (non-hydrogen) atoms. The highest BCUT2D eigenvalue weighted by Crippen LogP contribution is 2.24. The summed E-state index contributed by atoms with van der Waals surface area (Å²) < 4.78 is 5.31. The fraction of sp³-hybridized carbons (Fsp3) is 0.143. The van der Waals surface area contributed by atoms with Gasteiger partial charge >= 0.3 is 0 Å². The fourth-order valence-electron chi connectivity index (χ4n) is 1.89. The van der Waals surface area contributed by atoms with Crippen LogP contribution >= 0.6 is 11.8 Å². The first-order valence-electron chi connectivity index (χ1n) is 5.96. The zero-order chi connectivity index (χ0) is 13.1. The van der Waals surface area contributed by atoms with E-state index in [0.29, 0.717) is 10.9 Å². The molecule has 0 saturated carbocycles. The lowest BCUT2D eigenvalue weighted by Crippen LogP contribution is -2.27. The maximum atomic E-state index is 12.2. The maximum Gasteiger partial charge on any atom is 0.293 e. The molecule has 2 heterocycles. The Morgan fingerprint density at radius 3 is 2.84 bits per heavy atom. The number of thioether (sulfide) groups is 1. The van der Waals surface area contributed by atoms with Crippen molar-refractivity contribution in [2.75, 3.05) is 12.3 Å². The van der Waals surface area contributed by atoms with Gasteiger partial charge in [0.15, 0.2) is 10.9 Å². The second-order valence-corrected chi connectivity index (χ2v) is 5.10. The number of carbonyl (C=O) groups excluding carboxylic acids is 1. The van der Waals surface area contributed by atoms with E-state index in [1.54, 1.807) is 17.8 Å². The number of carbonyl (C=O) groups is 1. The Kier molecular flexibility index (Phi) is 3.37. The summed E-state index contributed by atoms with van der Waals surface area (Å²) in [5.41, 5.74) is 1.75. The van der Waals surface area contributed by atoms with Gasteiger partial charge in [-0.1, -0.05) is 42.1 Å². The number of nitrogens with one attached hydrogen (secondary N) is 1. The molecule has 0 spiro atoms. The van der Waals surface area contributed by atoms with Crippen LogP contribution in [0.1, 0.15) is 10.6 Å². The second kappa shape index (κ2) is 5.32. The van der Waals surface area contributed by atoms with Crippen molar-refractivity contribution in [1.82, 2.24) is 5.32 Å². The number of hydrogen-bond donors (Lipinski definition) is 1. The first kappa shape index (κ1) is 12.0. The van der Waals surface area contributed by atoms with Gasteiger partial charge in [-0.2, -0.15) is 0 Å². The van der Waals surface area contributed by atoms with Crippen molar-refractivity contribution in [3.8, 4) is 11.1 Å². The Bertz CT molecular complexity index is 619. The van der Waals surface area contributed by atoms with Crippen LogP contribution in [0.3, 0.4) is 0 Å². The highest BCUT2D eigenvalue weighted by molar-refractivity contribution is 8.14. The van der Waals surface area contributed by atoms with Crippen LogP contribution in [0, 0.1) is 0 Å². The molecule has 0 saturated heterocycles. The second-order valence-electron chi connectivity index (χ2n) is 4.02. The summed E-state index contributed by atoms with van der Waals surface area (Å²) in [7, 11) is 0. The van der Waals surface area contributed by atoms with E-state index in [2.05, 4.69) is 10.3 Å². The van der Waals surface area contributed by atoms with Crippen molar-refractivity contribution >= 4 is 22.8 Å². The lowest BCUT2D eigenvalue weighted by atomic mass is 10.1. The van der Waals surface area contributed by atoms with Crippen LogP contribution < -0.4 is 5.32 Å². The molecule has 0 unspecified atom stereocenters. The zero-order valence-electron chi connectivity index (χ0n) is 10.1. The van der Waals surface area contributed by atoms with E-state index in [-0.39, 0.29) is 5.91 Å². The summed E-state index contributed by atoms with van der Waals surface area (Å²) in [5.74, 6) is 0.984. The van der Waals surface area contributed by atoms with Crippen molar-refractivity contribution in [1.29, 1.82) is 0 Å². The molecule has 2 aromatic rings. The minimum absolute atomic E-state index is 0.253. The van der Waals surface area contributed by atoms with Crippen molar-refractivity contribution in [2.24, 2.45) is 4.99 Å². The molecule has 0 fully saturated rings. The lowest BCUT2D eigenvalue weighted by molar-refractivity contribution is 0.0952. The van der Waals surface area contributed by atoms with Gasteiger partial charge in [-0.15, -0.1) is 0 Å². The van der Waals surface area contributed by atoms with Gasteiger partial charge in [0.1, 0.15) is 0 Å². The van der Waals surface area contributed by atoms with E-state index in [1.165, 1.54) is 6.26 Å². The fourth-order valence-corrected chi connectivity index (χ4v) is 2.62. The zero-order valence-corrected chi connectivity index (χ0v) is 10.9. The summed E-state index contributed by atoms with van der Waals surface area (Å²) >= 11 is 1.55. The number of rotatable bonds is 2. The smallest absolute Gasteiger partial charge is 0.293 e. The number of amidine groups is 1. The van der Waals surface area contributed by atoms with E-state index in [4.69, 9.17) is 4.42 Å². The van der Waals surface area contributed by atoms with Crippen LogP contribution in [0.25, 0.3) is 11.1 Å². The Balaban J connectivity index is 1.86. The van der Waals surface area contributed by atoms with E-state index >= 15 is 0 Å². The number of benzene rings is 1. The van der Waals surface area contributed by atoms with E-state index in [1.807, 2.05) is 30.3 Å². The van der Waals surface area contributed by atoms with Gasteiger partial charge < -0.3 is 4.42 Å². The molecule has 1 aromatic heterocycles. The minimum Gasteiger partial charge on any atom is -0.459 e. The van der Waals surface area contributed by atoms with Crippen LogP contribution in [0.2, 0.25) is 0 Å². The monoisotopic (exact) mass is 272 g/mol. The van der Waals surface area contributed by atoms with Crippen molar-refractivity contribution in [2.45, 2.75) is 0 Å². The molecule has 1 N–H and O–H groups in total. The van der Waals surface area contributed by atoms with Gasteiger partial charge in [-0.05, 0) is 11.6 Å². The average molecular weight is 272 g/mol. The molecule has 5 heteroatoms. The number of hydrogen-bond acceptors (Lipinski definition) is 4. The van der Waals surface area contributed by atoms with Crippen LogP contribution in [0.4, 0.5) is 0 Å². The molecule has 0 aliphatic carbocycles. The summed E-state index contributed by atoms with van der Waals surface area (Å²) in [5, 5.41) is 3.44. The molecule has 1 aliphatic heterocycles. The Hall–Kier alpha value is -2.01. The largest absolute Gasteiger partial charge is 0.459 e. The van der Waals surface area contributed by atoms with E-state index < -0.39 is 0 Å². The lowest BCUT2D eigenvalue weighted by Gasteiger charge is -2.04. The molecule has 0 atom stereocenters. The maximum absolute atomic E-state index is 12.2. The molecule has 0 radical (unpaired) electrons. The number of furan rings is 1. The number of nitrogens with zero attached hydrogens (tertiary/aromatic N) is 1. The average Bonchev–Trinajstić information content (AvgIpc) is 3.10. The van der Waals surface area contributed by atoms with Gasteiger partial charge in [0.05, 0.1) is 12.8 Å². The molecular formula is C14H12N2O2S. The molecule has 3 rings (SSSR count). The molecular weight excluding hydrogens is 260 g/mol. The first-order valence-corrected chi connectivity index (χ1v) is 6.94. The van der Waals surface area contributed by atoms with Crippen LogP contribution in [0.15, 0.2) is 52.1 Å². The van der Waals surface area contributed by atoms with E-state index in [9.17, 15) is 4.79 Å². The molecule has 1 aromatic carbocycles. The minimum atomic E-state index is -0.253. The SMILES string of the molecule is O=C(NC1=NCCS1)c1occc1-c1ccccc1. The molecule has 1 amide bonds. The number of aliphatic imine (C=N–C) groups is 1. The summed E-state index contributed by atoms with van der Waals surface area (Å²) in [6, 6.07) is 11.5. The van der Waals surface area contributed by atoms with Crippen molar-refractivity contribution in [3.63, 3.8) is 0 Å². The van der Waals surface area contributed by atoms with Crippen molar-refractivity contribution in [3.05, 3.63) is 48.4 Å². The third-order valence-electron chi connectivity index (χ3n) is 2.76. The van der Waals surface area contributed by atoms with Gasteiger partial charge in [0.25, 0.3) is 5.91 Å². The highest BCUT2D eigenvalue weighted by atomic mass is 32.2. The van der Waals surface area contributed by atoms with Gasteiger partial charge in [-0.3, -0.25) is 15.1 Å². The topological polar surface area (TPSA) is 54.6 Å². The van der Waals surface area contributed by atoms with Gasteiger partial charge in [0.2, 0.25) is 0 Å². The predicted octanol–water partition coefficient (Wildman–Crippen LogP) is 2.78. The number of amides is 1. The highest BCUT2D eigenvalue weighted by Gasteiger charge is 2.19. The molecule has 1 aliphatic rings. The molecule has 0 bridgehead atoms. The van der Waals surface area contributed by atoms with Gasteiger partial charge in [-0.25, -0.2) is 0 Å². The van der Waals surface area contributed by atoms with Crippen LogP contribution in [-0.2, 0) is 0 Å². The Morgan fingerprint density at radius 1 is 1.26 bits per heavy atom. The Morgan fingerprint density at radius 2 is 2.11 bits per heavy atom. The summed E-state index contributed by atoms with van der Waals surface area (Å²) in [6.45, 7) is 0.754. The van der Waals surface area contributed by atoms with Crippen LogP contribution in [0.5, 0.6) is 0 Å². The predicted molar refractivity (Wildman–Crippen MR) is 76.4 cm³/mol. The standard InChI is InChI=1S/C14H12N2O2S/c17-13(16-14-15-7-9-19-14)12-11(6-8-18-12)10-4-2-1-3-5-10/h1-6,8H,7,9H2,(H,15,16,17). The molecule has 4 nitrogen and oxygen atoms in total. The van der Waals surface area contributed by atoms with Gasteiger partial charge in [0, 0.05) is 11.3 Å². The first-order chi connectivity index (χ1) is 9.34. The quantitative estimate of drug-likeness (QED) is 0.914. The summed E-state index contributed by atoms with van der Waals surface area (Å²) in [6.07, 6.45) is 1.53. The van der Waals surface area contributed by atoms with Crippen LogP contribution in [-0.4, -0.2) is 23.4 Å². The molecule has 96 valence electrons. The summed E-state index contributed by atoms with van der Waals surface area (Å²) in [4.78, 5) is 16.4. The van der Waals surface area contributed by atoms with Crippen molar-refractivity contribution < 1.29 is 9.21 Å². The van der Waals surface area contributed by atoms with E-state index in [0.717, 1.165) is 23.4 Å². The third-order valence-corrected chi connectivity index (χ3v) is 3.65. The third kappa shape index (κ3) is 2.56. The normalized spacial score (nSPS) is 14.2.